The van der Waals surface area contributed by atoms with Crippen molar-refractivity contribution in [3.8, 4) is 0 Å². The molecule has 0 aliphatic heterocycles. The van der Waals surface area contributed by atoms with E-state index in [4.69, 9.17) is 0 Å². The average Bonchev–Trinajstić information content (AvgIpc) is 3.01. The van der Waals surface area contributed by atoms with Gasteiger partial charge >= 0.3 is 0 Å². The zero-order chi connectivity index (χ0) is 14.0. The topological polar surface area (TPSA) is 65.1 Å². The number of benzene rings is 1. The minimum atomic E-state index is 0. The maximum Gasteiger partial charge on any atom is 0.191 e. The minimum absolute atomic E-state index is 0. The Bertz CT molecular complexity index is 515. The molecule has 0 bridgehead atoms. The second-order valence-corrected chi connectivity index (χ2v) is 5.26. The van der Waals surface area contributed by atoms with E-state index in [9.17, 15) is 0 Å². The highest BCUT2D eigenvalue weighted by atomic mass is 127. The van der Waals surface area contributed by atoms with E-state index in [1.165, 1.54) is 4.90 Å². The van der Waals surface area contributed by atoms with Crippen LogP contribution in [0.25, 0.3) is 0 Å². The van der Waals surface area contributed by atoms with Gasteiger partial charge in [0.15, 0.2) is 5.96 Å². The molecule has 0 unspecified atom stereocenters. The number of guanidine groups is 1. The molecule has 3 N–H and O–H groups in total. The van der Waals surface area contributed by atoms with Crippen LogP contribution in [0.2, 0.25) is 0 Å². The number of nitrogens with one attached hydrogen (secondary N) is 3. The summed E-state index contributed by atoms with van der Waals surface area (Å²) in [6.45, 7) is 1.55. The van der Waals surface area contributed by atoms with Crippen LogP contribution in [-0.4, -0.2) is 35.5 Å². The molecule has 0 atom stereocenters. The molecule has 7 heteroatoms. The third kappa shape index (κ3) is 6.85. The highest BCUT2D eigenvalue weighted by molar-refractivity contribution is 14.0. The lowest BCUT2D eigenvalue weighted by Gasteiger charge is -2.10. The Labute approximate surface area is 146 Å². The van der Waals surface area contributed by atoms with E-state index in [-0.39, 0.29) is 24.0 Å². The Kier molecular flexibility index (Phi) is 8.91. The van der Waals surface area contributed by atoms with Crippen molar-refractivity contribution in [1.82, 2.24) is 20.8 Å². The Morgan fingerprint density at radius 3 is 2.71 bits per heavy atom. The van der Waals surface area contributed by atoms with Gasteiger partial charge in [0.25, 0.3) is 0 Å². The van der Waals surface area contributed by atoms with Crippen molar-refractivity contribution in [3.63, 3.8) is 0 Å². The third-order valence-electron chi connectivity index (χ3n) is 2.63. The summed E-state index contributed by atoms with van der Waals surface area (Å²) in [5, 5.41) is 13.3. The van der Waals surface area contributed by atoms with Crippen molar-refractivity contribution in [2.45, 2.75) is 11.4 Å². The zero-order valence-electron chi connectivity index (χ0n) is 11.9. The molecule has 0 amide bonds. The van der Waals surface area contributed by atoms with E-state index in [1.807, 2.05) is 23.9 Å². The van der Waals surface area contributed by atoms with Gasteiger partial charge in [-0.15, -0.1) is 35.7 Å². The van der Waals surface area contributed by atoms with Crippen molar-refractivity contribution >= 4 is 41.7 Å². The SMILES string of the molecule is CN=C(NCCSc1ccccc1)NCc1ccn[nH]1.I. The lowest BCUT2D eigenvalue weighted by molar-refractivity contribution is 0.806. The lowest BCUT2D eigenvalue weighted by atomic mass is 10.4. The van der Waals surface area contributed by atoms with Crippen LogP contribution in [0.3, 0.4) is 0 Å². The Balaban J connectivity index is 0.00000220. The number of aliphatic imine (C=N–C) groups is 1. The molecular formula is C14H20IN5S. The van der Waals surface area contributed by atoms with Gasteiger partial charge in [-0.3, -0.25) is 10.1 Å². The summed E-state index contributed by atoms with van der Waals surface area (Å²) < 4.78 is 0. The molecule has 1 heterocycles. The quantitative estimate of drug-likeness (QED) is 0.222. The van der Waals surface area contributed by atoms with Crippen molar-refractivity contribution in [2.24, 2.45) is 4.99 Å². The number of hydrogen-bond acceptors (Lipinski definition) is 3. The maximum absolute atomic E-state index is 4.18. The Hall–Kier alpha value is -1.22. The molecular weight excluding hydrogens is 397 g/mol. The summed E-state index contributed by atoms with van der Waals surface area (Å²) in [7, 11) is 1.77. The summed E-state index contributed by atoms with van der Waals surface area (Å²) in [5.41, 5.74) is 1.03. The van der Waals surface area contributed by atoms with E-state index >= 15 is 0 Å². The standard InChI is InChI=1S/C14H19N5S.HI/c1-15-14(17-11-12-7-8-18-19-12)16-9-10-20-13-5-3-2-4-6-13;/h2-8H,9-11H2,1H3,(H,18,19)(H2,15,16,17);1H. The van der Waals surface area contributed by atoms with Crippen molar-refractivity contribution in [2.75, 3.05) is 19.3 Å². The molecule has 1 aromatic heterocycles. The van der Waals surface area contributed by atoms with Crippen LogP contribution in [0.1, 0.15) is 5.69 Å². The lowest BCUT2D eigenvalue weighted by Crippen LogP contribution is -2.38. The molecule has 5 nitrogen and oxygen atoms in total. The van der Waals surface area contributed by atoms with Gasteiger partial charge in [0.2, 0.25) is 0 Å². The summed E-state index contributed by atoms with van der Waals surface area (Å²) >= 11 is 1.83. The number of halogens is 1. The molecule has 114 valence electrons. The first kappa shape index (κ1) is 17.8. The van der Waals surface area contributed by atoms with Gasteiger partial charge in [-0.05, 0) is 18.2 Å². The number of aromatic amines is 1. The van der Waals surface area contributed by atoms with Crippen molar-refractivity contribution in [1.29, 1.82) is 0 Å². The monoisotopic (exact) mass is 417 g/mol. The van der Waals surface area contributed by atoms with Crippen LogP contribution in [0, 0.1) is 0 Å². The molecule has 2 rings (SSSR count). The van der Waals surface area contributed by atoms with E-state index < -0.39 is 0 Å². The molecule has 0 fully saturated rings. The molecule has 0 radical (unpaired) electrons. The molecule has 0 saturated heterocycles. The van der Waals surface area contributed by atoms with E-state index in [1.54, 1.807) is 13.2 Å². The fourth-order valence-electron chi connectivity index (χ4n) is 1.64. The fourth-order valence-corrected chi connectivity index (χ4v) is 2.43. The van der Waals surface area contributed by atoms with Crippen LogP contribution in [0.4, 0.5) is 0 Å². The molecule has 0 saturated carbocycles. The number of aromatic nitrogens is 2. The van der Waals surface area contributed by atoms with Crippen molar-refractivity contribution in [3.05, 3.63) is 48.3 Å². The highest BCUT2D eigenvalue weighted by Gasteiger charge is 1.99. The molecule has 0 spiro atoms. The van der Waals surface area contributed by atoms with Gasteiger partial charge in [0.05, 0.1) is 12.2 Å². The summed E-state index contributed by atoms with van der Waals surface area (Å²) in [6.07, 6.45) is 1.74. The molecule has 2 aromatic rings. The number of nitrogens with zero attached hydrogens (tertiary/aromatic N) is 2. The predicted octanol–water partition coefficient (Wildman–Crippen LogP) is 2.49. The second kappa shape index (κ2) is 10.5. The molecule has 1 aromatic carbocycles. The second-order valence-electron chi connectivity index (χ2n) is 4.10. The highest BCUT2D eigenvalue weighted by Crippen LogP contribution is 2.15. The van der Waals surface area contributed by atoms with Gasteiger partial charge in [0.1, 0.15) is 0 Å². The van der Waals surface area contributed by atoms with Gasteiger partial charge in [0, 0.05) is 30.4 Å². The molecule has 0 aliphatic carbocycles. The minimum Gasteiger partial charge on any atom is -0.356 e. The zero-order valence-corrected chi connectivity index (χ0v) is 15.0. The van der Waals surface area contributed by atoms with Gasteiger partial charge in [-0.1, -0.05) is 18.2 Å². The number of H-pyrrole nitrogens is 1. The van der Waals surface area contributed by atoms with Crippen LogP contribution in [-0.2, 0) is 6.54 Å². The van der Waals surface area contributed by atoms with E-state index in [0.29, 0.717) is 6.54 Å². The van der Waals surface area contributed by atoms with Gasteiger partial charge < -0.3 is 10.6 Å². The summed E-state index contributed by atoms with van der Waals surface area (Å²) in [4.78, 5) is 5.47. The van der Waals surface area contributed by atoms with Crippen LogP contribution in [0.15, 0.2) is 52.5 Å². The third-order valence-corrected chi connectivity index (χ3v) is 3.65. The molecule has 0 aliphatic rings. The molecule has 21 heavy (non-hydrogen) atoms. The van der Waals surface area contributed by atoms with Crippen LogP contribution in [0.5, 0.6) is 0 Å². The number of hydrogen-bond donors (Lipinski definition) is 3. The Morgan fingerprint density at radius 1 is 1.24 bits per heavy atom. The van der Waals surface area contributed by atoms with E-state index in [2.05, 4.69) is 50.1 Å². The first-order valence-corrected chi connectivity index (χ1v) is 7.47. The van der Waals surface area contributed by atoms with E-state index in [0.717, 1.165) is 24.0 Å². The number of rotatable bonds is 6. The number of thioether (sulfide) groups is 1. The summed E-state index contributed by atoms with van der Waals surface area (Å²) in [5.74, 6) is 1.79. The smallest absolute Gasteiger partial charge is 0.191 e. The Morgan fingerprint density at radius 2 is 2.05 bits per heavy atom. The van der Waals surface area contributed by atoms with Crippen molar-refractivity contribution < 1.29 is 0 Å². The van der Waals surface area contributed by atoms with Crippen LogP contribution >= 0.6 is 35.7 Å². The van der Waals surface area contributed by atoms with Crippen LogP contribution < -0.4 is 10.6 Å². The first-order valence-electron chi connectivity index (χ1n) is 6.49. The van der Waals surface area contributed by atoms with Gasteiger partial charge in [-0.2, -0.15) is 5.10 Å². The van der Waals surface area contributed by atoms with Gasteiger partial charge in [-0.25, -0.2) is 0 Å². The first-order chi connectivity index (χ1) is 9.88. The fraction of sp³-hybridized carbons (Fsp3) is 0.286. The summed E-state index contributed by atoms with van der Waals surface area (Å²) in [6, 6.07) is 12.3. The maximum atomic E-state index is 4.18. The normalized spacial score (nSPS) is 10.8. The predicted molar refractivity (Wildman–Crippen MR) is 99.4 cm³/mol. The average molecular weight is 417 g/mol. The largest absolute Gasteiger partial charge is 0.356 e.